The third-order valence-electron chi connectivity index (χ3n) is 5.65. The van der Waals surface area contributed by atoms with E-state index in [1.54, 1.807) is 0 Å². The van der Waals surface area contributed by atoms with Crippen molar-refractivity contribution >= 4 is 17.7 Å². The number of aryl methyl sites for hydroxylation is 2. The van der Waals surface area contributed by atoms with Crippen molar-refractivity contribution in [2.24, 2.45) is 0 Å². The van der Waals surface area contributed by atoms with Gasteiger partial charge in [0.2, 0.25) is 0 Å². The Morgan fingerprint density at radius 3 is 2.39 bits per heavy atom. The van der Waals surface area contributed by atoms with Gasteiger partial charge >= 0.3 is 12.0 Å². The molecule has 0 saturated carbocycles. The normalized spacial score (nSPS) is 15.5. The van der Waals surface area contributed by atoms with Gasteiger partial charge in [0.1, 0.15) is 12.4 Å². The Morgan fingerprint density at radius 2 is 1.70 bits per heavy atom. The Balaban J connectivity index is 1.62. The molecule has 1 unspecified atom stereocenters. The number of carbonyl (C=O) groups excluding carboxylic acids is 2. The molecule has 1 aliphatic rings. The van der Waals surface area contributed by atoms with Gasteiger partial charge in [-0.15, -0.1) is 0 Å². The van der Waals surface area contributed by atoms with Crippen molar-refractivity contribution in [2.45, 2.75) is 26.5 Å². The van der Waals surface area contributed by atoms with Crippen molar-refractivity contribution in [3.05, 3.63) is 106 Å². The van der Waals surface area contributed by atoms with Crippen molar-refractivity contribution in [1.82, 2.24) is 10.6 Å². The van der Waals surface area contributed by atoms with Crippen LogP contribution in [0.25, 0.3) is 5.70 Å². The van der Waals surface area contributed by atoms with E-state index < -0.39 is 12.0 Å². The van der Waals surface area contributed by atoms with E-state index in [2.05, 4.69) is 42.7 Å². The third-order valence-corrected chi connectivity index (χ3v) is 5.65. The molecular formula is C27H26N2O4. The lowest BCUT2D eigenvalue weighted by molar-refractivity contribution is -0.136. The smallest absolute Gasteiger partial charge is 0.338 e. The summed E-state index contributed by atoms with van der Waals surface area (Å²) in [4.78, 5) is 25.2. The molecule has 0 fully saturated rings. The number of hydrogen-bond donors (Lipinski definition) is 2. The summed E-state index contributed by atoms with van der Waals surface area (Å²) >= 11 is 0. The number of ether oxygens (including phenoxy) is 2. The number of methoxy groups -OCH3 is 1. The highest BCUT2D eigenvalue weighted by Gasteiger charge is 2.34. The fourth-order valence-electron chi connectivity index (χ4n) is 3.85. The van der Waals surface area contributed by atoms with E-state index in [4.69, 9.17) is 9.47 Å². The van der Waals surface area contributed by atoms with E-state index in [9.17, 15) is 9.59 Å². The summed E-state index contributed by atoms with van der Waals surface area (Å²) in [5, 5.41) is 5.60. The molecule has 2 N–H and O–H groups in total. The predicted octanol–water partition coefficient (Wildman–Crippen LogP) is 4.82. The van der Waals surface area contributed by atoms with E-state index in [0.717, 1.165) is 16.7 Å². The minimum Gasteiger partial charge on any atom is -0.489 e. The first-order valence-corrected chi connectivity index (χ1v) is 10.7. The molecule has 0 bridgehead atoms. The minimum absolute atomic E-state index is 0.340. The van der Waals surface area contributed by atoms with Gasteiger partial charge in [-0.2, -0.15) is 0 Å². The first-order valence-electron chi connectivity index (χ1n) is 10.7. The molecule has 168 valence electrons. The van der Waals surface area contributed by atoms with Crippen molar-refractivity contribution < 1.29 is 19.1 Å². The Morgan fingerprint density at radius 1 is 0.970 bits per heavy atom. The van der Waals surface area contributed by atoms with Gasteiger partial charge in [0.05, 0.1) is 24.4 Å². The van der Waals surface area contributed by atoms with E-state index >= 15 is 0 Å². The fraction of sp³-hybridized carbons (Fsp3) is 0.185. The number of urea groups is 1. The Kier molecular flexibility index (Phi) is 6.45. The lowest BCUT2D eigenvalue weighted by Crippen LogP contribution is -2.45. The highest BCUT2D eigenvalue weighted by Crippen LogP contribution is 2.32. The zero-order valence-electron chi connectivity index (χ0n) is 18.8. The quantitative estimate of drug-likeness (QED) is 0.537. The summed E-state index contributed by atoms with van der Waals surface area (Å²) < 4.78 is 11.0. The number of amides is 2. The van der Waals surface area contributed by atoms with Crippen LogP contribution in [0.3, 0.4) is 0 Å². The number of hydrogen-bond acceptors (Lipinski definition) is 4. The average Bonchev–Trinajstić information content (AvgIpc) is 2.84. The maximum atomic E-state index is 12.7. The molecule has 33 heavy (non-hydrogen) atoms. The molecular weight excluding hydrogens is 416 g/mol. The molecule has 0 aliphatic carbocycles. The molecule has 1 atom stereocenters. The van der Waals surface area contributed by atoms with Gasteiger partial charge in [-0.25, -0.2) is 9.59 Å². The van der Waals surface area contributed by atoms with Crippen molar-refractivity contribution in [1.29, 1.82) is 0 Å². The molecule has 1 aliphatic heterocycles. The first-order chi connectivity index (χ1) is 16.0. The highest BCUT2D eigenvalue weighted by atomic mass is 16.5. The molecule has 0 saturated heterocycles. The molecule has 0 radical (unpaired) electrons. The van der Waals surface area contributed by atoms with Crippen LogP contribution in [0.4, 0.5) is 4.79 Å². The summed E-state index contributed by atoms with van der Waals surface area (Å²) in [5.74, 6) is 0.188. The predicted molar refractivity (Wildman–Crippen MR) is 126 cm³/mol. The van der Waals surface area contributed by atoms with Crippen LogP contribution in [0.15, 0.2) is 78.4 Å². The lowest BCUT2D eigenvalue weighted by Gasteiger charge is -2.29. The highest BCUT2D eigenvalue weighted by molar-refractivity contribution is 6.04. The summed E-state index contributed by atoms with van der Waals surface area (Å²) in [5.41, 5.74) is 5.75. The van der Waals surface area contributed by atoms with Crippen LogP contribution in [-0.4, -0.2) is 19.1 Å². The van der Waals surface area contributed by atoms with Gasteiger partial charge in [0, 0.05) is 0 Å². The number of nitrogens with one attached hydrogen (secondary N) is 2. The van der Waals surface area contributed by atoms with Crippen LogP contribution >= 0.6 is 0 Å². The molecule has 4 rings (SSSR count). The second-order valence-corrected chi connectivity index (χ2v) is 7.97. The average molecular weight is 443 g/mol. The van der Waals surface area contributed by atoms with Crippen molar-refractivity contribution in [3.63, 3.8) is 0 Å². The summed E-state index contributed by atoms with van der Waals surface area (Å²) in [6, 6.07) is 21.9. The lowest BCUT2D eigenvalue weighted by atomic mass is 9.92. The molecule has 6 heteroatoms. The monoisotopic (exact) mass is 442 g/mol. The summed E-state index contributed by atoms with van der Waals surface area (Å²) in [6.07, 6.45) is 0. The van der Waals surface area contributed by atoms with Gasteiger partial charge in [-0.05, 0) is 48.2 Å². The van der Waals surface area contributed by atoms with Crippen molar-refractivity contribution in [2.75, 3.05) is 7.11 Å². The van der Waals surface area contributed by atoms with Crippen LogP contribution in [0.1, 0.15) is 33.9 Å². The Hall–Kier alpha value is -4.06. The fourth-order valence-corrected chi connectivity index (χ4v) is 3.85. The van der Waals surface area contributed by atoms with Crippen LogP contribution in [-0.2, 0) is 16.1 Å². The topological polar surface area (TPSA) is 76.7 Å². The number of carbonyl (C=O) groups is 2. The zero-order chi connectivity index (χ0) is 23.4. The van der Waals surface area contributed by atoms with Crippen LogP contribution in [0.2, 0.25) is 0 Å². The molecule has 6 nitrogen and oxygen atoms in total. The summed E-state index contributed by atoms with van der Waals surface area (Å²) in [6.45, 7) is 4.58. The molecule has 3 aromatic rings. The Labute approximate surface area is 193 Å². The SMILES string of the molecule is COC(=O)C1=C(c2ccccc2)NC(=O)NC1c1ccc(OCc2cc(C)ccc2C)cc1. The van der Waals surface area contributed by atoms with E-state index in [1.165, 1.54) is 18.2 Å². The molecule has 3 aromatic carbocycles. The molecule has 1 heterocycles. The van der Waals surface area contributed by atoms with E-state index in [1.807, 2.05) is 54.6 Å². The number of rotatable bonds is 6. The van der Waals surface area contributed by atoms with Gasteiger partial charge < -0.3 is 20.1 Å². The maximum absolute atomic E-state index is 12.7. The largest absolute Gasteiger partial charge is 0.489 e. The zero-order valence-corrected chi connectivity index (χ0v) is 18.8. The van der Waals surface area contributed by atoms with Crippen LogP contribution < -0.4 is 15.4 Å². The maximum Gasteiger partial charge on any atom is 0.338 e. The molecule has 0 aromatic heterocycles. The number of benzene rings is 3. The van der Waals surface area contributed by atoms with Gasteiger partial charge in [-0.1, -0.05) is 66.2 Å². The van der Waals surface area contributed by atoms with Crippen LogP contribution in [0.5, 0.6) is 5.75 Å². The minimum atomic E-state index is -0.658. The molecule has 2 amide bonds. The molecule has 0 spiro atoms. The van der Waals surface area contributed by atoms with Gasteiger partial charge in [0.25, 0.3) is 0 Å². The van der Waals surface area contributed by atoms with Crippen LogP contribution in [0, 0.1) is 13.8 Å². The van der Waals surface area contributed by atoms with Gasteiger partial charge in [-0.3, -0.25) is 0 Å². The van der Waals surface area contributed by atoms with E-state index in [0.29, 0.717) is 23.6 Å². The number of esters is 1. The third kappa shape index (κ3) is 4.90. The Bertz CT molecular complexity index is 1200. The standard InChI is InChI=1S/C27H26N2O4/c1-17-9-10-18(2)21(15-17)16-33-22-13-11-20(12-14-22)25-23(26(30)32-3)24(28-27(31)29-25)19-7-5-4-6-8-19/h4-15,25H,16H2,1-3H3,(H2,28,29,31). The first kappa shape index (κ1) is 22.1. The summed E-state index contributed by atoms with van der Waals surface area (Å²) in [7, 11) is 1.33. The van der Waals surface area contributed by atoms with E-state index in [-0.39, 0.29) is 6.03 Å². The second-order valence-electron chi connectivity index (χ2n) is 7.97. The van der Waals surface area contributed by atoms with Gasteiger partial charge in [0.15, 0.2) is 0 Å². The van der Waals surface area contributed by atoms with Crippen molar-refractivity contribution in [3.8, 4) is 5.75 Å². The second kappa shape index (κ2) is 9.61.